The SMILES string of the molecule is CC(Cn1cc([N+](=O)[O-])cn1)C(=O)Nc1cnn(Cc2cccc3ccccc23)c1. The summed E-state index contributed by atoms with van der Waals surface area (Å²) in [4.78, 5) is 22.7. The van der Waals surface area contributed by atoms with Gasteiger partial charge in [0.1, 0.15) is 12.4 Å². The van der Waals surface area contributed by atoms with Crippen LogP contribution in [-0.2, 0) is 17.9 Å². The van der Waals surface area contributed by atoms with Crippen LogP contribution in [0.4, 0.5) is 11.4 Å². The number of amides is 1. The molecule has 152 valence electrons. The van der Waals surface area contributed by atoms with Gasteiger partial charge in [-0.25, -0.2) is 0 Å². The zero-order valence-corrected chi connectivity index (χ0v) is 16.3. The van der Waals surface area contributed by atoms with Gasteiger partial charge in [-0.2, -0.15) is 10.2 Å². The smallest absolute Gasteiger partial charge is 0.306 e. The van der Waals surface area contributed by atoms with Crippen molar-refractivity contribution in [2.45, 2.75) is 20.0 Å². The van der Waals surface area contributed by atoms with Crippen molar-refractivity contribution in [3.63, 3.8) is 0 Å². The highest BCUT2D eigenvalue weighted by Gasteiger charge is 2.17. The number of fused-ring (bicyclic) bond motifs is 1. The minimum atomic E-state index is -0.515. The second kappa shape index (κ2) is 8.16. The minimum Gasteiger partial charge on any atom is -0.323 e. The number of rotatable bonds is 7. The average Bonchev–Trinajstić information content (AvgIpc) is 3.38. The van der Waals surface area contributed by atoms with E-state index in [4.69, 9.17) is 0 Å². The zero-order chi connectivity index (χ0) is 21.1. The Kier molecular flexibility index (Phi) is 5.25. The molecule has 0 saturated heterocycles. The first kappa shape index (κ1) is 19.3. The first-order valence-corrected chi connectivity index (χ1v) is 9.46. The standard InChI is InChI=1S/C21H20N6O3/c1-15(11-25-14-19(10-23-25)27(29)30)21(28)24-18-9-22-26(13-18)12-17-7-4-6-16-5-2-3-8-20(16)17/h2-10,13-15H,11-12H2,1H3,(H,24,28). The molecule has 1 amide bonds. The predicted octanol–water partition coefficient (Wildman–Crippen LogP) is 3.46. The third kappa shape index (κ3) is 4.19. The molecule has 4 rings (SSSR count). The number of nitrogens with one attached hydrogen (secondary N) is 1. The van der Waals surface area contributed by atoms with E-state index >= 15 is 0 Å². The van der Waals surface area contributed by atoms with Crippen LogP contribution in [0.3, 0.4) is 0 Å². The summed E-state index contributed by atoms with van der Waals surface area (Å²) in [6.45, 7) is 2.57. The predicted molar refractivity (Wildman–Crippen MR) is 112 cm³/mol. The molecule has 2 heterocycles. The number of hydrogen-bond acceptors (Lipinski definition) is 5. The molecule has 0 aliphatic heterocycles. The van der Waals surface area contributed by atoms with E-state index < -0.39 is 10.8 Å². The van der Waals surface area contributed by atoms with Crippen molar-refractivity contribution in [3.05, 3.63) is 82.9 Å². The Morgan fingerprint density at radius 3 is 2.67 bits per heavy atom. The fourth-order valence-electron chi connectivity index (χ4n) is 3.30. The normalized spacial score (nSPS) is 12.0. The Labute approximate surface area is 172 Å². The number of benzene rings is 2. The van der Waals surface area contributed by atoms with Gasteiger partial charge in [-0.1, -0.05) is 49.4 Å². The van der Waals surface area contributed by atoms with Crippen molar-refractivity contribution in [2.24, 2.45) is 5.92 Å². The summed E-state index contributed by atoms with van der Waals surface area (Å²) >= 11 is 0. The minimum absolute atomic E-state index is 0.0997. The van der Waals surface area contributed by atoms with E-state index in [0.717, 1.165) is 5.56 Å². The fourth-order valence-corrected chi connectivity index (χ4v) is 3.30. The van der Waals surface area contributed by atoms with Gasteiger partial charge in [-0.05, 0) is 16.3 Å². The largest absolute Gasteiger partial charge is 0.323 e. The average molecular weight is 404 g/mol. The number of hydrogen-bond donors (Lipinski definition) is 1. The van der Waals surface area contributed by atoms with Gasteiger partial charge < -0.3 is 5.32 Å². The highest BCUT2D eigenvalue weighted by Crippen LogP contribution is 2.20. The van der Waals surface area contributed by atoms with E-state index in [1.54, 1.807) is 24.0 Å². The van der Waals surface area contributed by atoms with Crippen LogP contribution in [0, 0.1) is 16.0 Å². The topological polar surface area (TPSA) is 108 Å². The van der Waals surface area contributed by atoms with Gasteiger partial charge in [-0.3, -0.25) is 24.3 Å². The van der Waals surface area contributed by atoms with Gasteiger partial charge >= 0.3 is 5.69 Å². The monoisotopic (exact) mass is 404 g/mol. The first-order valence-electron chi connectivity index (χ1n) is 9.46. The lowest BCUT2D eigenvalue weighted by atomic mass is 10.0. The molecular formula is C21H20N6O3. The van der Waals surface area contributed by atoms with Crippen molar-refractivity contribution >= 4 is 28.1 Å². The van der Waals surface area contributed by atoms with Crippen molar-refractivity contribution < 1.29 is 9.72 Å². The van der Waals surface area contributed by atoms with Crippen molar-refractivity contribution in [2.75, 3.05) is 5.32 Å². The molecular weight excluding hydrogens is 384 g/mol. The zero-order valence-electron chi connectivity index (χ0n) is 16.3. The van der Waals surface area contributed by atoms with E-state index in [1.807, 2.05) is 18.2 Å². The van der Waals surface area contributed by atoms with Gasteiger partial charge in [0.05, 0.1) is 35.8 Å². The van der Waals surface area contributed by atoms with Gasteiger partial charge in [-0.15, -0.1) is 0 Å². The van der Waals surface area contributed by atoms with E-state index in [9.17, 15) is 14.9 Å². The fraction of sp³-hybridized carbons (Fsp3) is 0.190. The molecule has 2 aromatic heterocycles. The first-order chi connectivity index (χ1) is 14.5. The Morgan fingerprint density at radius 2 is 1.87 bits per heavy atom. The molecule has 0 aliphatic rings. The van der Waals surface area contributed by atoms with Gasteiger partial charge in [0.25, 0.3) is 0 Å². The maximum absolute atomic E-state index is 12.5. The number of anilines is 1. The molecule has 9 nitrogen and oxygen atoms in total. The van der Waals surface area contributed by atoms with Crippen LogP contribution in [0.25, 0.3) is 10.8 Å². The molecule has 1 atom stereocenters. The second-order valence-electron chi connectivity index (χ2n) is 7.13. The van der Waals surface area contributed by atoms with Crippen LogP contribution in [0.1, 0.15) is 12.5 Å². The lowest BCUT2D eigenvalue weighted by molar-refractivity contribution is -0.385. The third-order valence-corrected chi connectivity index (χ3v) is 4.85. The van der Waals surface area contributed by atoms with Gasteiger partial charge in [0.15, 0.2) is 0 Å². The summed E-state index contributed by atoms with van der Waals surface area (Å²) in [5.74, 6) is -0.635. The molecule has 9 heteroatoms. The molecule has 0 fully saturated rings. The Morgan fingerprint density at radius 1 is 1.10 bits per heavy atom. The quantitative estimate of drug-likeness (QED) is 0.375. The summed E-state index contributed by atoms with van der Waals surface area (Å²) in [6.07, 6.45) is 5.87. The van der Waals surface area contributed by atoms with E-state index in [-0.39, 0.29) is 18.1 Å². The van der Waals surface area contributed by atoms with Crippen molar-refractivity contribution in [1.82, 2.24) is 19.6 Å². The highest BCUT2D eigenvalue weighted by atomic mass is 16.6. The number of nitro groups is 1. The Balaban J connectivity index is 1.40. The number of aromatic nitrogens is 4. The summed E-state index contributed by atoms with van der Waals surface area (Å²) in [7, 11) is 0. The molecule has 30 heavy (non-hydrogen) atoms. The van der Waals surface area contributed by atoms with Gasteiger partial charge in [0, 0.05) is 6.20 Å². The number of carbonyl (C=O) groups excluding carboxylic acids is 1. The van der Waals surface area contributed by atoms with Crippen molar-refractivity contribution in [1.29, 1.82) is 0 Å². The van der Waals surface area contributed by atoms with E-state index in [0.29, 0.717) is 12.2 Å². The van der Waals surface area contributed by atoms with Gasteiger partial charge in [0.2, 0.25) is 5.91 Å². The lowest BCUT2D eigenvalue weighted by Gasteiger charge is -2.11. The summed E-state index contributed by atoms with van der Waals surface area (Å²) in [6, 6.07) is 14.3. The molecule has 0 radical (unpaired) electrons. The number of nitrogens with zero attached hydrogens (tertiary/aromatic N) is 5. The summed E-state index contributed by atoms with van der Waals surface area (Å²) < 4.78 is 3.17. The van der Waals surface area contributed by atoms with Crippen LogP contribution in [0.15, 0.2) is 67.3 Å². The maximum atomic E-state index is 12.5. The van der Waals surface area contributed by atoms with Crippen LogP contribution >= 0.6 is 0 Å². The van der Waals surface area contributed by atoms with Crippen LogP contribution in [-0.4, -0.2) is 30.4 Å². The molecule has 0 aliphatic carbocycles. The molecule has 0 spiro atoms. The molecule has 0 bridgehead atoms. The summed E-state index contributed by atoms with van der Waals surface area (Å²) in [5, 5.41) is 24.2. The lowest BCUT2D eigenvalue weighted by Crippen LogP contribution is -2.24. The van der Waals surface area contributed by atoms with Crippen molar-refractivity contribution in [3.8, 4) is 0 Å². The Bertz CT molecular complexity index is 1210. The molecule has 0 saturated carbocycles. The van der Waals surface area contributed by atoms with E-state index in [2.05, 4.69) is 39.8 Å². The number of carbonyl (C=O) groups is 1. The third-order valence-electron chi connectivity index (χ3n) is 4.85. The van der Waals surface area contributed by atoms with Crippen LogP contribution in [0.5, 0.6) is 0 Å². The molecule has 2 aromatic carbocycles. The molecule has 4 aromatic rings. The van der Waals surface area contributed by atoms with Crippen LogP contribution in [0.2, 0.25) is 0 Å². The second-order valence-corrected chi connectivity index (χ2v) is 7.13. The highest BCUT2D eigenvalue weighted by molar-refractivity contribution is 5.92. The Hall–Kier alpha value is -4.01. The van der Waals surface area contributed by atoms with E-state index in [1.165, 1.54) is 27.8 Å². The molecule has 1 N–H and O–H groups in total. The summed E-state index contributed by atoms with van der Waals surface area (Å²) in [5.41, 5.74) is 1.64. The maximum Gasteiger partial charge on any atom is 0.306 e. The van der Waals surface area contributed by atoms with Crippen LogP contribution < -0.4 is 5.32 Å². The molecule has 1 unspecified atom stereocenters.